The van der Waals surface area contributed by atoms with Crippen LogP contribution in [0.5, 0.6) is 0 Å². The van der Waals surface area contributed by atoms with E-state index in [-0.39, 0.29) is 13.1 Å². The van der Waals surface area contributed by atoms with Crippen molar-refractivity contribution in [2.45, 2.75) is 59.0 Å². The van der Waals surface area contributed by atoms with Crippen LogP contribution >= 0.6 is 0 Å². The first kappa shape index (κ1) is 27.8. The Morgan fingerprint density at radius 1 is 0.710 bits per heavy atom. The minimum absolute atomic E-state index is 0.0115. The van der Waals surface area contributed by atoms with Crippen molar-refractivity contribution in [3.05, 3.63) is 0 Å². The average molecular weight is 448 g/mol. The molecule has 0 radical (unpaired) electrons. The fourth-order valence-corrected chi connectivity index (χ4v) is 2.39. The van der Waals surface area contributed by atoms with E-state index < -0.39 is 66.8 Å². The quantitative estimate of drug-likeness (QED) is 0.256. The Kier molecular flexibility index (Phi) is 12.5. The number of amides is 1. The van der Waals surface area contributed by atoms with Gasteiger partial charge in [0.05, 0.1) is 0 Å². The maximum Gasteiger partial charge on any atom is 0.303 e. The van der Waals surface area contributed by atoms with Crippen LogP contribution in [0.25, 0.3) is 0 Å². The Bertz CT molecular complexity index is 679. The van der Waals surface area contributed by atoms with E-state index in [1.54, 1.807) is 0 Å². The van der Waals surface area contributed by atoms with Crippen molar-refractivity contribution in [1.82, 2.24) is 5.32 Å². The molecule has 13 heteroatoms. The molecule has 0 aromatic heterocycles. The van der Waals surface area contributed by atoms with Crippen LogP contribution in [0.2, 0.25) is 0 Å². The standard InChI is InChI=1S/C18H28N2O11/c1-9(21)27-8-14(28-10(2)22)15(29-11(3)23)16(30-12(4)24)17(31-13(5)25)18(26)20-7-6-19/h14-17H,6-8,19H2,1-5H3,(H,20,26). The Morgan fingerprint density at radius 3 is 1.61 bits per heavy atom. The van der Waals surface area contributed by atoms with Gasteiger partial charge in [-0.15, -0.1) is 0 Å². The van der Waals surface area contributed by atoms with Crippen molar-refractivity contribution in [3.63, 3.8) is 0 Å². The summed E-state index contributed by atoms with van der Waals surface area (Å²) in [6.07, 6.45) is -6.76. The summed E-state index contributed by atoms with van der Waals surface area (Å²) in [7, 11) is 0. The molecular weight excluding hydrogens is 420 g/mol. The van der Waals surface area contributed by atoms with Crippen molar-refractivity contribution in [2.24, 2.45) is 5.73 Å². The molecule has 0 rings (SSSR count). The van der Waals surface area contributed by atoms with Crippen molar-refractivity contribution in [3.8, 4) is 0 Å². The second-order valence-corrected chi connectivity index (χ2v) is 6.21. The Hall–Kier alpha value is -3.22. The third kappa shape index (κ3) is 11.5. The van der Waals surface area contributed by atoms with Gasteiger partial charge in [-0.05, 0) is 0 Å². The van der Waals surface area contributed by atoms with Crippen LogP contribution in [0.3, 0.4) is 0 Å². The van der Waals surface area contributed by atoms with Gasteiger partial charge in [-0.2, -0.15) is 0 Å². The molecule has 0 bridgehead atoms. The predicted molar refractivity (Wildman–Crippen MR) is 101 cm³/mol. The lowest BCUT2D eigenvalue weighted by molar-refractivity contribution is -0.203. The van der Waals surface area contributed by atoms with Crippen LogP contribution < -0.4 is 11.1 Å². The van der Waals surface area contributed by atoms with Gasteiger partial charge in [-0.3, -0.25) is 28.8 Å². The van der Waals surface area contributed by atoms with Gasteiger partial charge in [0.1, 0.15) is 6.61 Å². The number of esters is 5. The number of ether oxygens (including phenoxy) is 5. The highest BCUT2D eigenvalue weighted by molar-refractivity contribution is 5.84. The molecule has 0 aliphatic heterocycles. The summed E-state index contributed by atoms with van der Waals surface area (Å²) in [5.41, 5.74) is 5.35. The number of carbonyl (C=O) groups excluding carboxylic acids is 6. The number of nitrogens with one attached hydrogen (secondary N) is 1. The molecule has 0 aromatic rings. The van der Waals surface area contributed by atoms with Crippen LogP contribution in [0.4, 0.5) is 0 Å². The molecule has 0 saturated carbocycles. The third-order valence-electron chi connectivity index (χ3n) is 3.36. The van der Waals surface area contributed by atoms with Gasteiger partial charge in [0.15, 0.2) is 18.3 Å². The normalized spacial score (nSPS) is 14.1. The first-order valence-electron chi connectivity index (χ1n) is 9.19. The molecule has 13 nitrogen and oxygen atoms in total. The molecule has 0 spiro atoms. The summed E-state index contributed by atoms with van der Waals surface area (Å²) in [6.45, 7) is 4.53. The van der Waals surface area contributed by atoms with Crippen LogP contribution in [0.1, 0.15) is 34.6 Å². The Labute approximate surface area is 178 Å². The van der Waals surface area contributed by atoms with E-state index >= 15 is 0 Å². The van der Waals surface area contributed by atoms with Gasteiger partial charge in [-0.1, -0.05) is 0 Å². The summed E-state index contributed by atoms with van der Waals surface area (Å²) in [5.74, 6) is -5.28. The highest BCUT2D eigenvalue weighted by Gasteiger charge is 2.46. The zero-order valence-electron chi connectivity index (χ0n) is 18.0. The second kappa shape index (κ2) is 13.9. The van der Waals surface area contributed by atoms with E-state index in [1.165, 1.54) is 0 Å². The molecular formula is C18H28N2O11. The largest absolute Gasteiger partial charge is 0.462 e. The first-order chi connectivity index (χ1) is 14.4. The minimum Gasteiger partial charge on any atom is -0.462 e. The smallest absolute Gasteiger partial charge is 0.303 e. The van der Waals surface area contributed by atoms with E-state index in [9.17, 15) is 28.8 Å². The molecule has 0 saturated heterocycles. The maximum absolute atomic E-state index is 12.6. The molecule has 3 N–H and O–H groups in total. The molecule has 0 aliphatic rings. The number of nitrogens with two attached hydrogens (primary N) is 1. The number of hydrogen-bond acceptors (Lipinski definition) is 12. The summed E-state index contributed by atoms with van der Waals surface area (Å²) in [4.78, 5) is 70.4. The van der Waals surface area contributed by atoms with Crippen molar-refractivity contribution in [1.29, 1.82) is 0 Å². The Balaban J connectivity index is 6.34. The monoisotopic (exact) mass is 448 g/mol. The lowest BCUT2D eigenvalue weighted by Gasteiger charge is -2.34. The molecule has 0 aliphatic carbocycles. The van der Waals surface area contributed by atoms with Gasteiger partial charge >= 0.3 is 29.8 Å². The fourth-order valence-electron chi connectivity index (χ4n) is 2.39. The third-order valence-corrected chi connectivity index (χ3v) is 3.36. The summed E-state index contributed by atoms with van der Waals surface area (Å²) in [5, 5.41) is 2.36. The Morgan fingerprint density at radius 2 is 1.19 bits per heavy atom. The summed E-state index contributed by atoms with van der Waals surface area (Å²) >= 11 is 0. The molecule has 0 heterocycles. The van der Waals surface area contributed by atoms with Gasteiger partial charge in [0, 0.05) is 47.7 Å². The molecule has 4 unspecified atom stereocenters. The molecule has 4 atom stereocenters. The summed E-state index contributed by atoms with van der Waals surface area (Å²) < 4.78 is 25.2. The topological polar surface area (TPSA) is 187 Å². The molecule has 0 fully saturated rings. The van der Waals surface area contributed by atoms with E-state index in [4.69, 9.17) is 29.4 Å². The summed E-state index contributed by atoms with van der Waals surface area (Å²) in [6, 6.07) is 0. The van der Waals surface area contributed by atoms with E-state index in [1.807, 2.05) is 0 Å². The van der Waals surface area contributed by atoms with E-state index in [2.05, 4.69) is 5.32 Å². The average Bonchev–Trinajstić information content (AvgIpc) is 2.63. The highest BCUT2D eigenvalue weighted by Crippen LogP contribution is 2.20. The van der Waals surface area contributed by atoms with Crippen LogP contribution in [0, 0.1) is 0 Å². The number of carbonyl (C=O) groups is 6. The van der Waals surface area contributed by atoms with E-state index in [0.29, 0.717) is 0 Å². The molecule has 31 heavy (non-hydrogen) atoms. The lowest BCUT2D eigenvalue weighted by atomic mass is 10.0. The SMILES string of the molecule is CC(=O)OCC(OC(C)=O)C(OC(C)=O)C(OC(C)=O)C(OC(C)=O)C(=O)NCCN. The lowest BCUT2D eigenvalue weighted by Crippen LogP contribution is -2.57. The maximum atomic E-state index is 12.6. The zero-order chi connectivity index (χ0) is 24.1. The fraction of sp³-hybridized carbons (Fsp3) is 0.667. The van der Waals surface area contributed by atoms with Gasteiger partial charge in [-0.25, -0.2) is 0 Å². The van der Waals surface area contributed by atoms with Crippen LogP contribution in [0.15, 0.2) is 0 Å². The highest BCUT2D eigenvalue weighted by atomic mass is 16.6. The van der Waals surface area contributed by atoms with Crippen LogP contribution in [-0.4, -0.2) is 79.9 Å². The van der Waals surface area contributed by atoms with Crippen molar-refractivity contribution >= 4 is 35.8 Å². The molecule has 176 valence electrons. The van der Waals surface area contributed by atoms with Gasteiger partial charge < -0.3 is 34.7 Å². The number of hydrogen-bond donors (Lipinski definition) is 2. The number of rotatable bonds is 12. The van der Waals surface area contributed by atoms with E-state index in [0.717, 1.165) is 34.6 Å². The zero-order valence-corrected chi connectivity index (χ0v) is 18.0. The molecule has 1 amide bonds. The van der Waals surface area contributed by atoms with Crippen molar-refractivity contribution in [2.75, 3.05) is 19.7 Å². The van der Waals surface area contributed by atoms with Gasteiger partial charge in [0.25, 0.3) is 5.91 Å². The van der Waals surface area contributed by atoms with Crippen LogP contribution in [-0.2, 0) is 52.5 Å². The second-order valence-electron chi connectivity index (χ2n) is 6.21. The van der Waals surface area contributed by atoms with Gasteiger partial charge in [0.2, 0.25) is 6.10 Å². The minimum atomic E-state index is -1.81. The first-order valence-corrected chi connectivity index (χ1v) is 9.19. The molecule has 0 aromatic carbocycles. The predicted octanol–water partition coefficient (Wildman–Crippen LogP) is -1.65. The van der Waals surface area contributed by atoms with Crippen molar-refractivity contribution < 1.29 is 52.5 Å².